The van der Waals surface area contributed by atoms with E-state index in [0.717, 1.165) is 6.54 Å². The van der Waals surface area contributed by atoms with Crippen molar-refractivity contribution >= 4 is 22.9 Å². The SMILES string of the molecule is CN(CCN)C1C(=S)C(=O)C1C(C)(C)C. The summed E-state index contributed by atoms with van der Waals surface area (Å²) in [5.74, 6) is 0.174. The minimum absolute atomic E-state index is 0.0209. The number of nitrogens with two attached hydrogens (primary N) is 1. The maximum atomic E-state index is 11.7. The van der Waals surface area contributed by atoms with Gasteiger partial charge in [-0.05, 0) is 12.5 Å². The Labute approximate surface area is 97.0 Å². The van der Waals surface area contributed by atoms with E-state index < -0.39 is 0 Å². The molecule has 0 bridgehead atoms. The van der Waals surface area contributed by atoms with E-state index in [1.54, 1.807) is 0 Å². The molecule has 1 aliphatic carbocycles. The molecule has 1 aliphatic rings. The molecule has 0 saturated heterocycles. The Balaban J connectivity index is 2.80. The summed E-state index contributed by atoms with van der Waals surface area (Å²) in [6, 6.07) is 0.107. The Hall–Kier alpha value is -0.320. The Bertz CT molecular complexity index is 283. The smallest absolute Gasteiger partial charge is 0.176 e. The lowest BCUT2D eigenvalue weighted by Gasteiger charge is -2.47. The maximum absolute atomic E-state index is 11.7. The number of hydrogen-bond acceptors (Lipinski definition) is 4. The van der Waals surface area contributed by atoms with E-state index in [1.807, 2.05) is 7.05 Å². The second-order valence-electron chi connectivity index (χ2n) is 5.29. The first-order valence-corrected chi connectivity index (χ1v) is 5.70. The van der Waals surface area contributed by atoms with E-state index >= 15 is 0 Å². The zero-order chi connectivity index (χ0) is 11.8. The third kappa shape index (κ3) is 2.27. The maximum Gasteiger partial charge on any atom is 0.176 e. The Kier molecular flexibility index (Phi) is 3.63. The monoisotopic (exact) mass is 228 g/mol. The molecule has 0 heterocycles. The van der Waals surface area contributed by atoms with Crippen LogP contribution in [-0.4, -0.2) is 41.7 Å². The lowest BCUT2D eigenvalue weighted by molar-refractivity contribution is -0.125. The molecule has 0 radical (unpaired) electrons. The first-order valence-electron chi connectivity index (χ1n) is 5.29. The molecule has 0 aromatic carbocycles. The van der Waals surface area contributed by atoms with Crippen LogP contribution < -0.4 is 5.73 Å². The number of thiocarbonyl (C=S) groups is 1. The third-order valence-electron chi connectivity index (χ3n) is 3.00. The topological polar surface area (TPSA) is 46.3 Å². The highest BCUT2D eigenvalue weighted by molar-refractivity contribution is 7.82. The molecule has 0 spiro atoms. The summed E-state index contributed by atoms with van der Waals surface area (Å²) in [6.07, 6.45) is 0. The van der Waals surface area contributed by atoms with Crippen molar-refractivity contribution in [1.29, 1.82) is 0 Å². The molecule has 1 fully saturated rings. The van der Waals surface area contributed by atoms with E-state index in [2.05, 4.69) is 25.7 Å². The van der Waals surface area contributed by atoms with Crippen LogP contribution in [0.4, 0.5) is 0 Å². The zero-order valence-corrected chi connectivity index (χ0v) is 10.7. The van der Waals surface area contributed by atoms with Gasteiger partial charge in [0.2, 0.25) is 0 Å². The van der Waals surface area contributed by atoms with Crippen molar-refractivity contribution in [2.45, 2.75) is 26.8 Å². The molecule has 2 atom stereocenters. The van der Waals surface area contributed by atoms with Crippen LogP contribution in [0.25, 0.3) is 0 Å². The highest BCUT2D eigenvalue weighted by atomic mass is 32.1. The fraction of sp³-hybridized carbons (Fsp3) is 0.818. The minimum Gasteiger partial charge on any atom is -0.329 e. The Morgan fingerprint density at radius 1 is 1.47 bits per heavy atom. The molecule has 0 aromatic heterocycles. The van der Waals surface area contributed by atoms with Crippen molar-refractivity contribution in [3.8, 4) is 0 Å². The highest BCUT2D eigenvalue weighted by Gasteiger charge is 2.52. The predicted molar refractivity (Wildman–Crippen MR) is 66.0 cm³/mol. The van der Waals surface area contributed by atoms with Gasteiger partial charge in [0, 0.05) is 19.0 Å². The van der Waals surface area contributed by atoms with Crippen LogP contribution in [-0.2, 0) is 4.79 Å². The van der Waals surface area contributed by atoms with E-state index in [0.29, 0.717) is 11.4 Å². The van der Waals surface area contributed by atoms with Gasteiger partial charge in [-0.1, -0.05) is 33.0 Å². The summed E-state index contributed by atoms with van der Waals surface area (Å²) in [5.41, 5.74) is 5.49. The fourth-order valence-electron chi connectivity index (χ4n) is 2.16. The predicted octanol–water partition coefficient (Wildman–Crippen LogP) is 0.860. The average Bonchev–Trinajstić information content (AvgIpc) is 2.10. The Morgan fingerprint density at radius 2 is 2.00 bits per heavy atom. The zero-order valence-electron chi connectivity index (χ0n) is 9.91. The first kappa shape index (κ1) is 12.7. The molecular weight excluding hydrogens is 208 g/mol. The average molecular weight is 228 g/mol. The number of Topliss-reactive ketones (excluding diaryl/α,β-unsaturated/α-hetero) is 1. The van der Waals surface area contributed by atoms with Gasteiger partial charge in [0.15, 0.2) is 5.78 Å². The van der Waals surface area contributed by atoms with Gasteiger partial charge in [-0.15, -0.1) is 0 Å². The number of carbonyl (C=O) groups is 1. The number of ketones is 1. The van der Waals surface area contributed by atoms with E-state index in [9.17, 15) is 4.79 Å². The van der Waals surface area contributed by atoms with Gasteiger partial charge in [0.1, 0.15) is 0 Å². The number of likely N-dealkylation sites (N-methyl/N-ethyl adjacent to an activating group) is 1. The van der Waals surface area contributed by atoms with Crippen molar-refractivity contribution < 1.29 is 4.79 Å². The van der Waals surface area contributed by atoms with Crippen LogP contribution in [0, 0.1) is 11.3 Å². The summed E-state index contributed by atoms with van der Waals surface area (Å²) in [4.78, 5) is 14.4. The molecule has 15 heavy (non-hydrogen) atoms. The molecule has 2 N–H and O–H groups in total. The number of nitrogens with zero attached hydrogens (tertiary/aromatic N) is 1. The quantitative estimate of drug-likeness (QED) is 0.728. The third-order valence-corrected chi connectivity index (χ3v) is 3.44. The highest BCUT2D eigenvalue weighted by Crippen LogP contribution is 2.39. The van der Waals surface area contributed by atoms with Crippen molar-refractivity contribution in [3.05, 3.63) is 0 Å². The van der Waals surface area contributed by atoms with Gasteiger partial charge in [0.05, 0.1) is 10.9 Å². The molecule has 0 aliphatic heterocycles. The minimum atomic E-state index is -0.0209. The molecule has 1 saturated carbocycles. The molecule has 0 amide bonds. The number of rotatable bonds is 3. The van der Waals surface area contributed by atoms with Gasteiger partial charge in [0.25, 0.3) is 0 Å². The standard InChI is InChI=1S/C11H20N2OS/c1-11(2,3)7-8(10(15)9(7)14)13(4)6-5-12/h7-8H,5-6,12H2,1-4H3. The van der Waals surface area contributed by atoms with Crippen LogP contribution in [0.3, 0.4) is 0 Å². The summed E-state index contributed by atoms with van der Waals surface area (Å²) in [7, 11) is 1.98. The van der Waals surface area contributed by atoms with Crippen molar-refractivity contribution in [3.63, 3.8) is 0 Å². The van der Waals surface area contributed by atoms with Crippen molar-refractivity contribution in [2.75, 3.05) is 20.1 Å². The molecule has 3 nitrogen and oxygen atoms in total. The molecular formula is C11H20N2OS. The van der Waals surface area contributed by atoms with Gasteiger partial charge in [-0.2, -0.15) is 0 Å². The molecule has 1 rings (SSSR count). The van der Waals surface area contributed by atoms with Crippen LogP contribution in [0.2, 0.25) is 0 Å². The van der Waals surface area contributed by atoms with E-state index in [1.165, 1.54) is 0 Å². The summed E-state index contributed by atoms with van der Waals surface area (Å²) in [5, 5.41) is 0. The second kappa shape index (κ2) is 4.28. The molecule has 4 heteroatoms. The largest absolute Gasteiger partial charge is 0.329 e. The van der Waals surface area contributed by atoms with E-state index in [-0.39, 0.29) is 23.2 Å². The Morgan fingerprint density at radius 3 is 2.40 bits per heavy atom. The number of hydrogen-bond donors (Lipinski definition) is 1. The first-order chi connectivity index (χ1) is 6.80. The molecule has 86 valence electrons. The summed E-state index contributed by atoms with van der Waals surface area (Å²) in [6.45, 7) is 7.63. The molecule has 0 aromatic rings. The van der Waals surface area contributed by atoms with Crippen LogP contribution in [0.5, 0.6) is 0 Å². The molecule has 2 unspecified atom stereocenters. The van der Waals surface area contributed by atoms with Crippen molar-refractivity contribution in [1.82, 2.24) is 4.90 Å². The van der Waals surface area contributed by atoms with E-state index in [4.69, 9.17) is 18.0 Å². The van der Waals surface area contributed by atoms with Crippen LogP contribution in [0.1, 0.15) is 20.8 Å². The summed E-state index contributed by atoms with van der Waals surface area (Å²) < 4.78 is 0. The van der Waals surface area contributed by atoms with Crippen LogP contribution >= 0.6 is 12.2 Å². The van der Waals surface area contributed by atoms with Gasteiger partial charge in [-0.25, -0.2) is 0 Å². The lowest BCUT2D eigenvalue weighted by Crippen LogP contribution is -2.64. The van der Waals surface area contributed by atoms with Gasteiger partial charge >= 0.3 is 0 Å². The van der Waals surface area contributed by atoms with Crippen LogP contribution in [0.15, 0.2) is 0 Å². The normalized spacial score (nSPS) is 27.1. The van der Waals surface area contributed by atoms with Gasteiger partial charge in [-0.3, -0.25) is 9.69 Å². The van der Waals surface area contributed by atoms with Gasteiger partial charge < -0.3 is 5.73 Å². The summed E-state index contributed by atoms with van der Waals surface area (Å²) >= 11 is 5.13. The van der Waals surface area contributed by atoms with Crippen molar-refractivity contribution in [2.24, 2.45) is 17.1 Å². The second-order valence-corrected chi connectivity index (χ2v) is 5.73. The number of carbonyl (C=O) groups excluding carboxylic acids is 1. The lowest BCUT2D eigenvalue weighted by atomic mass is 9.63. The fourth-order valence-corrected chi connectivity index (χ4v) is 2.60.